The summed E-state index contributed by atoms with van der Waals surface area (Å²) in [5, 5.41) is 19.6. The zero-order valence-electron chi connectivity index (χ0n) is 14.8. The van der Waals surface area contributed by atoms with Crippen molar-refractivity contribution >= 4 is 23.4 Å². The molecular weight excluding hydrogens is 383 g/mol. The second kappa shape index (κ2) is 9.01. The normalized spacial score (nSPS) is 11.5. The van der Waals surface area contributed by atoms with Crippen LogP contribution in [0.1, 0.15) is 24.5 Å². The zero-order valence-corrected chi connectivity index (χ0v) is 15.6. The van der Waals surface area contributed by atoms with Crippen molar-refractivity contribution < 1.29 is 18.3 Å². The Kier molecular flexibility index (Phi) is 6.24. The highest BCUT2D eigenvalue weighted by Gasteiger charge is 2.18. The summed E-state index contributed by atoms with van der Waals surface area (Å²) < 4.78 is 24.6. The van der Waals surface area contributed by atoms with E-state index in [-0.39, 0.29) is 28.5 Å². The van der Waals surface area contributed by atoms with Gasteiger partial charge in [0.05, 0.1) is 17.0 Å². The molecule has 7 nitrogen and oxygen atoms in total. The lowest BCUT2D eigenvalue weighted by Crippen LogP contribution is -2.14. The van der Waals surface area contributed by atoms with Crippen molar-refractivity contribution in [3.05, 3.63) is 65.8 Å². The molecule has 0 fully saturated rings. The van der Waals surface area contributed by atoms with Gasteiger partial charge in [-0.1, -0.05) is 36.0 Å². The number of carbonyl (C=O) groups excluding carboxylic acids is 1. The van der Waals surface area contributed by atoms with Crippen molar-refractivity contribution in [3.63, 3.8) is 0 Å². The molecule has 0 unspecified atom stereocenters. The van der Waals surface area contributed by atoms with Gasteiger partial charge in [0.15, 0.2) is 17.7 Å². The zero-order chi connectivity index (χ0) is 19.9. The van der Waals surface area contributed by atoms with Crippen LogP contribution in [0.3, 0.4) is 0 Å². The molecule has 0 aliphatic carbocycles. The van der Waals surface area contributed by atoms with Crippen molar-refractivity contribution in [2.24, 2.45) is 0 Å². The molecule has 1 amide bonds. The standard InChI is InChI=1S/C19H15FN4O3S/c1-12(26-16-9-5-3-7-14(16)20)18-23-24-19(27-18)28-11-17(25)22-15-8-4-2-6-13(15)10-21/h2-9,12H,11H2,1H3,(H,22,25)/t12-/m1/s1. The lowest BCUT2D eigenvalue weighted by Gasteiger charge is -2.11. The van der Waals surface area contributed by atoms with Gasteiger partial charge in [-0.05, 0) is 31.2 Å². The van der Waals surface area contributed by atoms with Gasteiger partial charge in [0.1, 0.15) is 6.07 Å². The molecule has 1 atom stereocenters. The average molecular weight is 398 g/mol. The maximum Gasteiger partial charge on any atom is 0.277 e. The molecular formula is C19H15FN4O3S. The third-order valence-electron chi connectivity index (χ3n) is 3.56. The van der Waals surface area contributed by atoms with Crippen LogP contribution in [0.15, 0.2) is 58.2 Å². The Morgan fingerprint density at radius 3 is 2.82 bits per heavy atom. The van der Waals surface area contributed by atoms with Crippen LogP contribution < -0.4 is 10.1 Å². The van der Waals surface area contributed by atoms with E-state index in [1.807, 2.05) is 6.07 Å². The minimum absolute atomic E-state index is 0.0178. The molecule has 0 bridgehead atoms. The number of amides is 1. The molecule has 1 N–H and O–H groups in total. The first-order valence-electron chi connectivity index (χ1n) is 8.23. The largest absolute Gasteiger partial charge is 0.478 e. The summed E-state index contributed by atoms with van der Waals surface area (Å²) in [6, 6.07) is 14.7. The van der Waals surface area contributed by atoms with Gasteiger partial charge in [-0.2, -0.15) is 5.26 Å². The van der Waals surface area contributed by atoms with E-state index in [1.54, 1.807) is 43.3 Å². The van der Waals surface area contributed by atoms with Gasteiger partial charge < -0.3 is 14.5 Å². The summed E-state index contributed by atoms with van der Waals surface area (Å²) >= 11 is 1.04. The van der Waals surface area contributed by atoms with Gasteiger partial charge in [-0.3, -0.25) is 4.79 Å². The second-order valence-electron chi connectivity index (χ2n) is 5.59. The highest BCUT2D eigenvalue weighted by molar-refractivity contribution is 7.99. The summed E-state index contributed by atoms with van der Waals surface area (Å²) in [6.45, 7) is 1.65. The van der Waals surface area contributed by atoms with E-state index in [4.69, 9.17) is 14.4 Å². The van der Waals surface area contributed by atoms with Crippen LogP contribution in [0.25, 0.3) is 0 Å². The number of aromatic nitrogens is 2. The fourth-order valence-corrected chi connectivity index (χ4v) is 2.80. The van der Waals surface area contributed by atoms with Crippen LogP contribution in [-0.4, -0.2) is 21.9 Å². The second-order valence-corrected chi connectivity index (χ2v) is 6.52. The molecule has 0 saturated carbocycles. The number of anilines is 1. The van der Waals surface area contributed by atoms with Crippen LogP contribution in [0.4, 0.5) is 10.1 Å². The van der Waals surface area contributed by atoms with Gasteiger partial charge >= 0.3 is 0 Å². The van der Waals surface area contributed by atoms with Crippen LogP contribution >= 0.6 is 11.8 Å². The van der Waals surface area contributed by atoms with E-state index < -0.39 is 11.9 Å². The molecule has 0 radical (unpaired) electrons. The Balaban J connectivity index is 1.55. The topological polar surface area (TPSA) is 101 Å². The van der Waals surface area contributed by atoms with Crippen molar-refractivity contribution in [1.29, 1.82) is 5.26 Å². The van der Waals surface area contributed by atoms with E-state index in [2.05, 4.69) is 15.5 Å². The molecule has 0 aliphatic heterocycles. The van der Waals surface area contributed by atoms with Gasteiger partial charge in [0.2, 0.25) is 5.91 Å². The summed E-state index contributed by atoms with van der Waals surface area (Å²) in [7, 11) is 0. The van der Waals surface area contributed by atoms with Gasteiger partial charge in [0, 0.05) is 0 Å². The molecule has 0 spiro atoms. The van der Waals surface area contributed by atoms with E-state index in [1.165, 1.54) is 12.1 Å². The van der Waals surface area contributed by atoms with Crippen LogP contribution in [0, 0.1) is 17.1 Å². The molecule has 2 aromatic carbocycles. The maximum absolute atomic E-state index is 13.7. The smallest absolute Gasteiger partial charge is 0.277 e. The predicted octanol–water partition coefficient (Wildman–Crippen LogP) is 3.95. The molecule has 142 valence electrons. The van der Waals surface area contributed by atoms with Crippen LogP contribution in [-0.2, 0) is 4.79 Å². The molecule has 3 aromatic rings. The molecule has 28 heavy (non-hydrogen) atoms. The molecule has 9 heteroatoms. The van der Waals surface area contributed by atoms with Gasteiger partial charge in [0.25, 0.3) is 11.1 Å². The number of thioether (sulfide) groups is 1. The summed E-state index contributed by atoms with van der Waals surface area (Å²) in [5.41, 5.74) is 0.814. The fraction of sp³-hybridized carbons (Fsp3) is 0.158. The van der Waals surface area contributed by atoms with E-state index in [0.29, 0.717) is 11.3 Å². The Morgan fingerprint density at radius 1 is 1.29 bits per heavy atom. The van der Waals surface area contributed by atoms with Gasteiger partial charge in [-0.15, -0.1) is 10.2 Å². The Bertz CT molecular complexity index is 1020. The van der Waals surface area contributed by atoms with Crippen molar-refractivity contribution in [1.82, 2.24) is 10.2 Å². The molecule has 0 aliphatic rings. The lowest BCUT2D eigenvalue weighted by atomic mass is 10.2. The molecule has 1 aromatic heterocycles. The van der Waals surface area contributed by atoms with Crippen LogP contribution in [0.5, 0.6) is 5.75 Å². The number of carbonyl (C=O) groups is 1. The quantitative estimate of drug-likeness (QED) is 0.601. The Labute approximate surface area is 164 Å². The van der Waals surface area contributed by atoms with E-state index in [9.17, 15) is 9.18 Å². The number of para-hydroxylation sites is 2. The van der Waals surface area contributed by atoms with E-state index >= 15 is 0 Å². The fourth-order valence-electron chi connectivity index (χ4n) is 2.23. The predicted molar refractivity (Wildman–Crippen MR) is 100 cm³/mol. The summed E-state index contributed by atoms with van der Waals surface area (Å²) in [5.74, 6) is -0.538. The number of ether oxygens (including phenoxy) is 1. The third-order valence-corrected chi connectivity index (χ3v) is 4.38. The molecule has 1 heterocycles. The number of nitrogens with zero attached hydrogens (tertiary/aromatic N) is 3. The molecule has 0 saturated heterocycles. The summed E-state index contributed by atoms with van der Waals surface area (Å²) in [4.78, 5) is 12.1. The third kappa shape index (κ3) is 4.86. The maximum atomic E-state index is 13.7. The number of halogens is 1. The first-order chi connectivity index (χ1) is 13.6. The van der Waals surface area contributed by atoms with Gasteiger partial charge in [-0.25, -0.2) is 4.39 Å². The number of nitrogens with one attached hydrogen (secondary N) is 1. The number of rotatable bonds is 7. The number of hydrogen-bond acceptors (Lipinski definition) is 7. The Morgan fingerprint density at radius 2 is 2.04 bits per heavy atom. The van der Waals surface area contributed by atoms with Crippen molar-refractivity contribution in [3.8, 4) is 11.8 Å². The average Bonchev–Trinajstić information content (AvgIpc) is 3.18. The number of nitriles is 1. The lowest BCUT2D eigenvalue weighted by molar-refractivity contribution is -0.113. The minimum Gasteiger partial charge on any atom is -0.478 e. The molecule has 3 rings (SSSR count). The van der Waals surface area contributed by atoms with Crippen molar-refractivity contribution in [2.75, 3.05) is 11.1 Å². The first-order valence-corrected chi connectivity index (χ1v) is 9.21. The van der Waals surface area contributed by atoms with E-state index in [0.717, 1.165) is 11.8 Å². The first kappa shape index (κ1) is 19.4. The van der Waals surface area contributed by atoms with Crippen molar-refractivity contribution in [2.45, 2.75) is 18.3 Å². The summed E-state index contributed by atoms with van der Waals surface area (Å²) in [6.07, 6.45) is -0.657. The SMILES string of the molecule is C[C@@H](Oc1ccccc1F)c1nnc(SCC(=O)Nc2ccccc2C#N)o1. The Hall–Kier alpha value is -3.38. The highest BCUT2D eigenvalue weighted by atomic mass is 32.2. The number of hydrogen-bond donors (Lipinski definition) is 1. The minimum atomic E-state index is -0.657. The highest BCUT2D eigenvalue weighted by Crippen LogP contribution is 2.25. The van der Waals surface area contributed by atoms with Crippen LogP contribution in [0.2, 0.25) is 0 Å². The monoisotopic (exact) mass is 398 g/mol. The number of benzene rings is 2.